The monoisotopic (exact) mass is 367 g/mol. The number of hydrogen-bond donors (Lipinski definition) is 2. The molecule has 6 heteroatoms. The Bertz CT molecular complexity index is 858. The van der Waals surface area contributed by atoms with E-state index in [1.807, 2.05) is 54.1 Å². The van der Waals surface area contributed by atoms with Crippen molar-refractivity contribution in [2.75, 3.05) is 6.54 Å². The minimum atomic E-state index is 0.562. The van der Waals surface area contributed by atoms with Crippen LogP contribution in [0, 0.1) is 0 Å². The lowest BCUT2D eigenvalue weighted by Crippen LogP contribution is -2.36. The summed E-state index contributed by atoms with van der Waals surface area (Å²) in [4.78, 5) is 8.84. The van der Waals surface area contributed by atoms with E-state index in [0.29, 0.717) is 13.1 Å². The van der Waals surface area contributed by atoms with Crippen LogP contribution in [0.3, 0.4) is 0 Å². The molecule has 3 aromatic rings. The molecular formula is C20H22ClN5. The van der Waals surface area contributed by atoms with Crippen molar-refractivity contribution in [3.8, 4) is 5.69 Å². The van der Waals surface area contributed by atoms with Gasteiger partial charge in [-0.25, -0.2) is 9.98 Å². The Morgan fingerprint density at radius 1 is 1.08 bits per heavy atom. The number of aliphatic imine (C=N–C) groups is 1. The first-order valence-electron chi connectivity index (χ1n) is 8.59. The van der Waals surface area contributed by atoms with E-state index in [-0.39, 0.29) is 0 Å². The molecule has 1 aromatic heterocycles. The second-order valence-corrected chi connectivity index (χ2v) is 6.15. The molecule has 26 heavy (non-hydrogen) atoms. The summed E-state index contributed by atoms with van der Waals surface area (Å²) in [6, 6.07) is 16.0. The molecule has 1 heterocycles. The van der Waals surface area contributed by atoms with E-state index in [2.05, 4.69) is 27.8 Å². The molecule has 2 N–H and O–H groups in total. The van der Waals surface area contributed by atoms with Crippen molar-refractivity contribution in [1.29, 1.82) is 0 Å². The van der Waals surface area contributed by atoms with Gasteiger partial charge in [0.2, 0.25) is 0 Å². The zero-order valence-corrected chi connectivity index (χ0v) is 15.4. The molecule has 134 valence electrons. The first-order valence-corrected chi connectivity index (χ1v) is 8.97. The number of benzene rings is 2. The minimum Gasteiger partial charge on any atom is -0.357 e. The van der Waals surface area contributed by atoms with Crippen LogP contribution in [-0.2, 0) is 13.1 Å². The third-order valence-electron chi connectivity index (χ3n) is 3.93. The fourth-order valence-corrected chi connectivity index (χ4v) is 2.83. The van der Waals surface area contributed by atoms with Crippen LogP contribution in [0.15, 0.2) is 72.2 Å². The number of aromatic nitrogens is 2. The van der Waals surface area contributed by atoms with E-state index in [4.69, 9.17) is 16.6 Å². The number of nitrogens with one attached hydrogen (secondary N) is 2. The number of hydrogen-bond acceptors (Lipinski definition) is 2. The van der Waals surface area contributed by atoms with Gasteiger partial charge in [0.05, 0.1) is 18.6 Å². The zero-order chi connectivity index (χ0) is 18.2. The molecule has 2 aromatic carbocycles. The number of rotatable bonds is 6. The van der Waals surface area contributed by atoms with Crippen molar-refractivity contribution in [3.63, 3.8) is 0 Å². The fraction of sp³-hybridized carbons (Fsp3) is 0.200. The van der Waals surface area contributed by atoms with E-state index >= 15 is 0 Å². The topological polar surface area (TPSA) is 54.2 Å². The van der Waals surface area contributed by atoms with Crippen LogP contribution < -0.4 is 10.6 Å². The predicted molar refractivity (Wildman–Crippen MR) is 107 cm³/mol. The second-order valence-electron chi connectivity index (χ2n) is 5.74. The summed E-state index contributed by atoms with van der Waals surface area (Å²) in [5.74, 6) is 0.757. The van der Waals surface area contributed by atoms with Crippen molar-refractivity contribution < 1.29 is 0 Å². The zero-order valence-electron chi connectivity index (χ0n) is 14.7. The van der Waals surface area contributed by atoms with Gasteiger partial charge in [0.1, 0.15) is 0 Å². The average Bonchev–Trinajstić information content (AvgIpc) is 3.20. The Balaban J connectivity index is 1.73. The predicted octanol–water partition coefficient (Wildman–Crippen LogP) is 3.78. The maximum atomic E-state index is 6.23. The molecule has 5 nitrogen and oxygen atoms in total. The average molecular weight is 368 g/mol. The number of guanidine groups is 1. The Labute approximate surface area is 158 Å². The van der Waals surface area contributed by atoms with Crippen LogP contribution in [0.5, 0.6) is 0 Å². The molecule has 0 aliphatic carbocycles. The van der Waals surface area contributed by atoms with Gasteiger partial charge in [0, 0.05) is 30.5 Å². The minimum absolute atomic E-state index is 0.562. The van der Waals surface area contributed by atoms with Crippen molar-refractivity contribution in [3.05, 3.63) is 83.4 Å². The largest absolute Gasteiger partial charge is 0.357 e. The van der Waals surface area contributed by atoms with Crippen LogP contribution in [0.1, 0.15) is 18.1 Å². The quantitative estimate of drug-likeness (QED) is 0.515. The Morgan fingerprint density at radius 3 is 2.58 bits per heavy atom. The Hall–Kier alpha value is -2.79. The van der Waals surface area contributed by atoms with E-state index in [1.54, 1.807) is 12.5 Å². The van der Waals surface area contributed by atoms with Gasteiger partial charge in [-0.2, -0.15) is 0 Å². The summed E-state index contributed by atoms with van der Waals surface area (Å²) in [7, 11) is 0. The molecule has 0 fully saturated rings. The van der Waals surface area contributed by atoms with E-state index in [9.17, 15) is 0 Å². The Kier molecular flexibility index (Phi) is 6.28. The summed E-state index contributed by atoms with van der Waals surface area (Å²) in [6.45, 7) is 4.02. The van der Waals surface area contributed by atoms with Gasteiger partial charge < -0.3 is 15.2 Å². The molecular weight excluding hydrogens is 346 g/mol. The summed E-state index contributed by atoms with van der Waals surface area (Å²) in [5, 5.41) is 7.36. The summed E-state index contributed by atoms with van der Waals surface area (Å²) in [5.41, 5.74) is 3.25. The van der Waals surface area contributed by atoms with Crippen molar-refractivity contribution in [1.82, 2.24) is 20.2 Å². The van der Waals surface area contributed by atoms with Crippen molar-refractivity contribution in [2.45, 2.75) is 20.0 Å². The van der Waals surface area contributed by atoms with Crippen LogP contribution in [0.4, 0.5) is 0 Å². The van der Waals surface area contributed by atoms with Gasteiger partial charge in [-0.1, -0.05) is 48.0 Å². The van der Waals surface area contributed by atoms with Crippen LogP contribution in [0.2, 0.25) is 5.02 Å². The van der Waals surface area contributed by atoms with Crippen LogP contribution in [0.25, 0.3) is 5.69 Å². The van der Waals surface area contributed by atoms with Gasteiger partial charge in [0.25, 0.3) is 0 Å². The number of halogens is 1. The van der Waals surface area contributed by atoms with E-state index in [1.165, 1.54) is 0 Å². The first-order chi connectivity index (χ1) is 12.8. The molecule has 0 aliphatic heterocycles. The molecule has 0 aliphatic rings. The Morgan fingerprint density at radius 2 is 1.85 bits per heavy atom. The maximum Gasteiger partial charge on any atom is 0.191 e. The first kappa shape index (κ1) is 18.0. The molecule has 0 spiro atoms. The van der Waals surface area contributed by atoms with Crippen LogP contribution in [-0.4, -0.2) is 22.1 Å². The van der Waals surface area contributed by atoms with Gasteiger partial charge in [-0.15, -0.1) is 0 Å². The van der Waals surface area contributed by atoms with Gasteiger partial charge in [0.15, 0.2) is 5.96 Å². The number of para-hydroxylation sites is 1. The lowest BCUT2D eigenvalue weighted by atomic mass is 10.2. The highest BCUT2D eigenvalue weighted by Gasteiger charge is 2.05. The molecule has 0 atom stereocenters. The highest BCUT2D eigenvalue weighted by atomic mass is 35.5. The molecule has 0 saturated heterocycles. The highest BCUT2D eigenvalue weighted by molar-refractivity contribution is 6.31. The fourth-order valence-electron chi connectivity index (χ4n) is 2.62. The van der Waals surface area contributed by atoms with Gasteiger partial charge in [-0.3, -0.25) is 0 Å². The number of nitrogens with zero attached hydrogens (tertiary/aromatic N) is 3. The van der Waals surface area contributed by atoms with Crippen molar-refractivity contribution in [2.24, 2.45) is 4.99 Å². The van der Waals surface area contributed by atoms with E-state index in [0.717, 1.165) is 34.3 Å². The molecule has 0 unspecified atom stereocenters. The summed E-state index contributed by atoms with van der Waals surface area (Å²) >= 11 is 6.23. The smallest absolute Gasteiger partial charge is 0.191 e. The normalized spacial score (nSPS) is 11.4. The van der Waals surface area contributed by atoms with Gasteiger partial charge in [-0.05, 0) is 30.2 Å². The summed E-state index contributed by atoms with van der Waals surface area (Å²) < 4.78 is 1.99. The third kappa shape index (κ3) is 4.64. The lowest BCUT2D eigenvalue weighted by Gasteiger charge is -2.13. The van der Waals surface area contributed by atoms with Crippen LogP contribution >= 0.6 is 11.6 Å². The summed E-state index contributed by atoms with van der Waals surface area (Å²) in [6.07, 6.45) is 5.50. The molecule has 0 radical (unpaired) electrons. The van der Waals surface area contributed by atoms with Gasteiger partial charge >= 0.3 is 0 Å². The SMILES string of the molecule is CCNC(=NCc1ccccc1-n1ccnc1)NCc1ccccc1Cl. The second kappa shape index (κ2) is 9.06. The molecule has 3 rings (SSSR count). The highest BCUT2D eigenvalue weighted by Crippen LogP contribution is 2.16. The number of imidazole rings is 1. The van der Waals surface area contributed by atoms with E-state index < -0.39 is 0 Å². The molecule has 0 saturated carbocycles. The molecule has 0 amide bonds. The standard InChI is InChI=1S/C20H22ClN5/c1-2-23-20(24-13-16-7-3-5-9-18(16)21)25-14-17-8-4-6-10-19(17)26-12-11-22-15-26/h3-12,15H,2,13-14H2,1H3,(H2,23,24,25). The molecule has 0 bridgehead atoms. The lowest BCUT2D eigenvalue weighted by molar-refractivity contribution is 0.815. The third-order valence-corrected chi connectivity index (χ3v) is 4.30. The maximum absolute atomic E-state index is 6.23. The van der Waals surface area contributed by atoms with Crippen molar-refractivity contribution >= 4 is 17.6 Å².